The number of amides is 2. The van der Waals surface area contributed by atoms with Gasteiger partial charge in [-0.2, -0.15) is 0 Å². The first-order valence-electron chi connectivity index (χ1n) is 9.20. The number of nitrogens with one attached hydrogen (secondary N) is 2. The first kappa shape index (κ1) is 21.6. The van der Waals surface area contributed by atoms with Crippen molar-refractivity contribution in [1.29, 1.82) is 0 Å². The van der Waals surface area contributed by atoms with E-state index in [0.717, 1.165) is 12.0 Å². The van der Waals surface area contributed by atoms with Crippen molar-refractivity contribution >= 4 is 29.1 Å². The molecule has 0 unspecified atom stereocenters. The summed E-state index contributed by atoms with van der Waals surface area (Å²) in [6.45, 7) is 5.55. The molecule has 0 bridgehead atoms. The molecule has 0 spiro atoms. The average molecular weight is 403 g/mol. The predicted octanol–water partition coefficient (Wildman–Crippen LogP) is 3.10. The van der Waals surface area contributed by atoms with Crippen LogP contribution in [0.15, 0.2) is 41.8 Å². The molecule has 0 aliphatic heterocycles. The van der Waals surface area contributed by atoms with Gasteiger partial charge >= 0.3 is 5.97 Å². The van der Waals surface area contributed by atoms with E-state index in [9.17, 15) is 14.4 Å². The van der Waals surface area contributed by atoms with Gasteiger partial charge in [0.1, 0.15) is 6.54 Å². The molecule has 28 heavy (non-hydrogen) atoms. The zero-order valence-electron chi connectivity index (χ0n) is 16.4. The summed E-state index contributed by atoms with van der Waals surface area (Å²) in [5, 5.41) is 7.03. The quantitative estimate of drug-likeness (QED) is 0.631. The Hall–Kier alpha value is -2.67. The fraction of sp³-hybridized carbons (Fsp3) is 0.381. The van der Waals surface area contributed by atoms with Crippen LogP contribution < -0.4 is 10.6 Å². The molecular weight excluding hydrogens is 376 g/mol. The second kappa shape index (κ2) is 10.6. The van der Waals surface area contributed by atoms with E-state index in [-0.39, 0.29) is 25.1 Å². The van der Waals surface area contributed by atoms with Gasteiger partial charge in [0.05, 0.1) is 10.9 Å². The standard InChI is InChI=1S/C21H26N2O4S/c1-14(2)11-16-6-8-17(9-7-16)15(3)23-19(24)13-27-20(25)12-22-21(26)18-5-4-10-28-18/h4-10,14-15H,11-13H2,1-3H3,(H,22,26)(H,23,24)/t15-/m0/s1. The highest BCUT2D eigenvalue weighted by Gasteiger charge is 2.13. The van der Waals surface area contributed by atoms with Crippen molar-refractivity contribution in [1.82, 2.24) is 10.6 Å². The molecule has 2 N–H and O–H groups in total. The van der Waals surface area contributed by atoms with Gasteiger partial charge < -0.3 is 15.4 Å². The van der Waals surface area contributed by atoms with Crippen molar-refractivity contribution in [3.63, 3.8) is 0 Å². The molecule has 0 saturated heterocycles. The fourth-order valence-electron chi connectivity index (χ4n) is 2.62. The lowest BCUT2D eigenvalue weighted by Gasteiger charge is -2.15. The fourth-order valence-corrected chi connectivity index (χ4v) is 3.26. The molecule has 2 aromatic rings. The summed E-state index contributed by atoms with van der Waals surface area (Å²) in [5.74, 6) is -0.805. The number of carbonyl (C=O) groups is 3. The number of carbonyl (C=O) groups excluding carboxylic acids is 3. The van der Waals surface area contributed by atoms with Gasteiger partial charge in [0.25, 0.3) is 11.8 Å². The number of esters is 1. The van der Waals surface area contributed by atoms with Crippen LogP contribution in [-0.2, 0) is 20.7 Å². The van der Waals surface area contributed by atoms with Crippen LogP contribution in [0.2, 0.25) is 0 Å². The summed E-state index contributed by atoms with van der Waals surface area (Å²) < 4.78 is 4.91. The summed E-state index contributed by atoms with van der Waals surface area (Å²) in [4.78, 5) is 35.9. The SMILES string of the molecule is CC(C)Cc1ccc([C@H](C)NC(=O)COC(=O)CNC(=O)c2cccs2)cc1. The van der Waals surface area contributed by atoms with E-state index in [1.807, 2.05) is 19.1 Å². The van der Waals surface area contributed by atoms with Crippen molar-refractivity contribution in [3.8, 4) is 0 Å². The van der Waals surface area contributed by atoms with Crippen molar-refractivity contribution < 1.29 is 19.1 Å². The van der Waals surface area contributed by atoms with Gasteiger partial charge in [0.15, 0.2) is 6.61 Å². The van der Waals surface area contributed by atoms with E-state index >= 15 is 0 Å². The minimum atomic E-state index is -0.661. The normalized spacial score (nSPS) is 11.7. The molecule has 1 heterocycles. The molecule has 0 radical (unpaired) electrons. The maximum atomic E-state index is 12.0. The zero-order chi connectivity index (χ0) is 20.5. The zero-order valence-corrected chi connectivity index (χ0v) is 17.2. The first-order chi connectivity index (χ1) is 13.3. The molecule has 2 rings (SSSR count). The molecule has 2 amide bonds. The van der Waals surface area contributed by atoms with Gasteiger partial charge in [0, 0.05) is 0 Å². The van der Waals surface area contributed by atoms with E-state index in [0.29, 0.717) is 10.8 Å². The van der Waals surface area contributed by atoms with Crippen molar-refractivity contribution in [2.75, 3.05) is 13.2 Å². The van der Waals surface area contributed by atoms with E-state index < -0.39 is 11.9 Å². The smallest absolute Gasteiger partial charge is 0.325 e. The second-order valence-corrected chi connectivity index (χ2v) is 7.90. The Balaban J connectivity index is 1.71. The third kappa shape index (κ3) is 7.15. The highest BCUT2D eigenvalue weighted by Crippen LogP contribution is 2.15. The van der Waals surface area contributed by atoms with Gasteiger partial charge in [-0.15, -0.1) is 11.3 Å². The Morgan fingerprint density at radius 3 is 2.39 bits per heavy atom. The summed E-state index contributed by atoms with van der Waals surface area (Å²) in [6, 6.07) is 11.3. The Morgan fingerprint density at radius 2 is 1.79 bits per heavy atom. The topological polar surface area (TPSA) is 84.5 Å². The van der Waals surface area contributed by atoms with Gasteiger partial charge in [-0.25, -0.2) is 0 Å². The Labute approximate surface area is 169 Å². The molecule has 0 aliphatic rings. The molecule has 0 aliphatic carbocycles. The largest absolute Gasteiger partial charge is 0.454 e. The number of ether oxygens (including phenoxy) is 1. The Morgan fingerprint density at radius 1 is 1.07 bits per heavy atom. The maximum absolute atomic E-state index is 12.0. The van der Waals surface area contributed by atoms with Crippen molar-refractivity contribution in [2.45, 2.75) is 33.2 Å². The Kier molecular flexibility index (Phi) is 8.19. The van der Waals surface area contributed by atoms with Crippen LogP contribution >= 0.6 is 11.3 Å². The number of hydrogen-bond acceptors (Lipinski definition) is 5. The monoisotopic (exact) mass is 402 g/mol. The van der Waals surface area contributed by atoms with Crippen LogP contribution in [0, 0.1) is 5.92 Å². The summed E-state index contributed by atoms with van der Waals surface area (Å²) in [5.41, 5.74) is 2.24. The van der Waals surface area contributed by atoms with Gasteiger partial charge in [-0.3, -0.25) is 14.4 Å². The molecule has 1 aromatic heterocycles. The molecule has 0 fully saturated rings. The predicted molar refractivity (Wildman–Crippen MR) is 109 cm³/mol. The molecule has 6 nitrogen and oxygen atoms in total. The number of hydrogen-bond donors (Lipinski definition) is 2. The number of benzene rings is 1. The summed E-state index contributed by atoms with van der Waals surface area (Å²) >= 11 is 1.28. The first-order valence-corrected chi connectivity index (χ1v) is 10.1. The average Bonchev–Trinajstić information content (AvgIpc) is 3.19. The van der Waals surface area contributed by atoms with E-state index in [1.165, 1.54) is 16.9 Å². The van der Waals surface area contributed by atoms with Gasteiger partial charge in [-0.05, 0) is 41.8 Å². The third-order valence-corrected chi connectivity index (χ3v) is 4.87. The van der Waals surface area contributed by atoms with Gasteiger partial charge in [0.2, 0.25) is 0 Å². The minimum absolute atomic E-state index is 0.196. The highest BCUT2D eigenvalue weighted by atomic mass is 32.1. The third-order valence-electron chi connectivity index (χ3n) is 4.00. The highest BCUT2D eigenvalue weighted by molar-refractivity contribution is 7.12. The van der Waals surface area contributed by atoms with Crippen molar-refractivity contribution in [3.05, 3.63) is 57.8 Å². The van der Waals surface area contributed by atoms with Crippen LogP contribution in [0.5, 0.6) is 0 Å². The van der Waals surface area contributed by atoms with Crippen LogP contribution in [0.3, 0.4) is 0 Å². The Bertz CT molecular complexity index is 785. The minimum Gasteiger partial charge on any atom is -0.454 e. The second-order valence-electron chi connectivity index (χ2n) is 6.95. The molecular formula is C21H26N2O4S. The molecule has 7 heteroatoms. The van der Waals surface area contributed by atoms with Crippen LogP contribution in [0.25, 0.3) is 0 Å². The number of rotatable bonds is 9. The lowest BCUT2D eigenvalue weighted by atomic mass is 10.00. The molecule has 1 aromatic carbocycles. The van der Waals surface area contributed by atoms with Crippen LogP contribution in [0.4, 0.5) is 0 Å². The molecule has 150 valence electrons. The maximum Gasteiger partial charge on any atom is 0.325 e. The summed E-state index contributed by atoms with van der Waals surface area (Å²) in [7, 11) is 0. The van der Waals surface area contributed by atoms with Crippen LogP contribution in [-0.4, -0.2) is 30.9 Å². The molecule has 0 saturated carbocycles. The number of thiophene rings is 1. The lowest BCUT2D eigenvalue weighted by molar-refractivity contribution is -0.147. The van der Waals surface area contributed by atoms with E-state index in [1.54, 1.807) is 17.5 Å². The lowest BCUT2D eigenvalue weighted by Crippen LogP contribution is -2.34. The van der Waals surface area contributed by atoms with Crippen LogP contribution in [0.1, 0.15) is 47.6 Å². The summed E-state index contributed by atoms with van der Waals surface area (Å²) in [6.07, 6.45) is 1.01. The van der Waals surface area contributed by atoms with Crippen molar-refractivity contribution in [2.24, 2.45) is 5.92 Å². The van der Waals surface area contributed by atoms with E-state index in [4.69, 9.17) is 4.74 Å². The van der Waals surface area contributed by atoms with Gasteiger partial charge in [-0.1, -0.05) is 44.2 Å². The molecule has 1 atom stereocenters. The van der Waals surface area contributed by atoms with E-state index in [2.05, 4.69) is 36.6 Å².